The summed E-state index contributed by atoms with van der Waals surface area (Å²) in [7, 11) is -3.63. The summed E-state index contributed by atoms with van der Waals surface area (Å²) in [6.45, 7) is 0.369. The van der Waals surface area contributed by atoms with Crippen molar-refractivity contribution >= 4 is 27.3 Å². The fraction of sp³-hybridized carbons (Fsp3) is 0.222. The second-order valence-electron chi connectivity index (χ2n) is 2.92. The maximum atomic E-state index is 11.0. The number of carbonyl (C=O) groups excluding carboxylic acids is 1. The van der Waals surface area contributed by atoms with Gasteiger partial charge in [0.15, 0.2) is 0 Å². The third-order valence-corrected chi connectivity index (χ3v) is 4.29. The lowest BCUT2D eigenvalue weighted by molar-refractivity contribution is -0.115. The number of amides is 1. The molecule has 1 heterocycles. The molecule has 0 atom stereocenters. The van der Waals surface area contributed by atoms with Crippen molar-refractivity contribution < 1.29 is 13.2 Å². The largest absolute Gasteiger partial charge is 0.345 e. The molecule has 7 heteroatoms. The highest BCUT2D eigenvalue weighted by molar-refractivity contribution is 7.91. The summed E-state index contributed by atoms with van der Waals surface area (Å²) in [5.41, 5.74) is 0. The Balaban J connectivity index is 2.55. The number of terminal acetylenes is 1. The highest BCUT2D eigenvalue weighted by atomic mass is 32.2. The molecule has 1 aromatic heterocycles. The molecule has 0 saturated carbocycles. The Morgan fingerprint density at radius 2 is 2.25 bits per heavy atom. The number of thiophene rings is 1. The van der Waals surface area contributed by atoms with Crippen molar-refractivity contribution in [2.24, 2.45) is 5.14 Å². The van der Waals surface area contributed by atoms with Crippen LogP contribution in [0, 0.1) is 12.3 Å². The molecule has 86 valence electrons. The molecule has 1 rings (SSSR count). The normalized spacial score (nSPS) is 10.8. The average molecular weight is 258 g/mol. The first-order chi connectivity index (χ1) is 7.43. The summed E-state index contributed by atoms with van der Waals surface area (Å²) < 4.78 is 22.0. The predicted molar refractivity (Wildman–Crippen MR) is 61.2 cm³/mol. The molecule has 0 saturated heterocycles. The third kappa shape index (κ3) is 3.66. The lowest BCUT2D eigenvalue weighted by Crippen LogP contribution is -2.23. The first kappa shape index (κ1) is 12.7. The van der Waals surface area contributed by atoms with Crippen LogP contribution < -0.4 is 10.5 Å². The van der Waals surface area contributed by atoms with E-state index in [2.05, 4.69) is 5.32 Å². The lowest BCUT2D eigenvalue weighted by Gasteiger charge is -1.98. The Morgan fingerprint density at radius 3 is 2.75 bits per heavy atom. The van der Waals surface area contributed by atoms with E-state index in [1.165, 1.54) is 6.07 Å². The summed E-state index contributed by atoms with van der Waals surface area (Å²) >= 11 is 1.08. The maximum absolute atomic E-state index is 11.0. The second kappa shape index (κ2) is 5.12. The molecule has 0 aliphatic carbocycles. The molecule has 1 amide bonds. The van der Waals surface area contributed by atoms with Gasteiger partial charge in [0.1, 0.15) is 4.21 Å². The molecule has 0 bridgehead atoms. The molecule has 0 radical (unpaired) electrons. The molecule has 3 N–H and O–H groups in total. The van der Waals surface area contributed by atoms with Crippen molar-refractivity contribution in [2.75, 3.05) is 6.54 Å². The van der Waals surface area contributed by atoms with Gasteiger partial charge in [-0.25, -0.2) is 13.6 Å². The minimum atomic E-state index is -3.63. The van der Waals surface area contributed by atoms with Crippen LogP contribution in [0.5, 0.6) is 0 Å². The number of rotatable bonds is 4. The molecular formula is C9H10N2O3S2. The predicted octanol–water partition coefficient (Wildman–Crippen LogP) is -0.313. The number of nitrogens with one attached hydrogen (secondary N) is 1. The SMILES string of the molecule is C#CC(=O)NCCc1ccc(S(N)(=O)=O)s1. The highest BCUT2D eigenvalue weighted by Crippen LogP contribution is 2.20. The first-order valence-electron chi connectivity index (χ1n) is 4.29. The van der Waals surface area contributed by atoms with Gasteiger partial charge in [0.25, 0.3) is 5.91 Å². The van der Waals surface area contributed by atoms with Gasteiger partial charge in [-0.15, -0.1) is 17.8 Å². The Hall–Kier alpha value is -1.36. The summed E-state index contributed by atoms with van der Waals surface area (Å²) in [5.74, 6) is 1.44. The Labute approximate surface area is 97.7 Å². The molecule has 0 aliphatic heterocycles. The van der Waals surface area contributed by atoms with Crippen LogP contribution in [0.1, 0.15) is 4.88 Å². The molecule has 16 heavy (non-hydrogen) atoms. The van der Waals surface area contributed by atoms with E-state index in [0.717, 1.165) is 16.2 Å². The van der Waals surface area contributed by atoms with Crippen LogP contribution in [-0.4, -0.2) is 20.9 Å². The zero-order chi connectivity index (χ0) is 12.2. The van der Waals surface area contributed by atoms with Crippen molar-refractivity contribution in [3.8, 4) is 12.3 Å². The van der Waals surface area contributed by atoms with Gasteiger partial charge in [-0.3, -0.25) is 4.79 Å². The van der Waals surface area contributed by atoms with Crippen LogP contribution in [0.3, 0.4) is 0 Å². The van der Waals surface area contributed by atoms with E-state index >= 15 is 0 Å². The van der Waals surface area contributed by atoms with Crippen LogP contribution in [-0.2, 0) is 21.2 Å². The van der Waals surface area contributed by atoms with E-state index in [0.29, 0.717) is 13.0 Å². The van der Waals surface area contributed by atoms with Gasteiger partial charge in [-0.2, -0.15) is 0 Å². The number of carbonyl (C=O) groups is 1. The third-order valence-electron chi connectivity index (χ3n) is 1.71. The molecule has 1 aromatic rings. The van der Waals surface area contributed by atoms with Gasteiger partial charge in [0, 0.05) is 11.4 Å². The van der Waals surface area contributed by atoms with Crippen molar-refractivity contribution in [3.63, 3.8) is 0 Å². The summed E-state index contributed by atoms with van der Waals surface area (Å²) in [6, 6.07) is 3.10. The van der Waals surface area contributed by atoms with Crippen molar-refractivity contribution in [1.29, 1.82) is 0 Å². The lowest BCUT2D eigenvalue weighted by atomic mass is 10.3. The zero-order valence-corrected chi connectivity index (χ0v) is 9.90. The standard InChI is InChI=1S/C9H10N2O3S2/c1-2-8(12)11-6-5-7-3-4-9(15-7)16(10,13)14/h1,3-4H,5-6H2,(H,11,12)(H2,10,13,14). The van der Waals surface area contributed by atoms with Crippen molar-refractivity contribution in [2.45, 2.75) is 10.6 Å². The Morgan fingerprint density at radius 1 is 1.56 bits per heavy atom. The highest BCUT2D eigenvalue weighted by Gasteiger charge is 2.10. The van der Waals surface area contributed by atoms with Crippen LogP contribution in [0.25, 0.3) is 0 Å². The second-order valence-corrected chi connectivity index (χ2v) is 5.87. The van der Waals surface area contributed by atoms with Gasteiger partial charge < -0.3 is 5.32 Å². The first-order valence-corrected chi connectivity index (χ1v) is 6.65. The number of primary sulfonamides is 1. The topological polar surface area (TPSA) is 89.3 Å². The molecule has 0 unspecified atom stereocenters. The fourth-order valence-electron chi connectivity index (χ4n) is 0.996. The zero-order valence-electron chi connectivity index (χ0n) is 8.26. The van der Waals surface area contributed by atoms with E-state index in [1.54, 1.807) is 6.07 Å². The van der Waals surface area contributed by atoms with Crippen molar-refractivity contribution in [1.82, 2.24) is 5.32 Å². The Kier molecular flexibility index (Phi) is 4.06. The summed E-state index contributed by atoms with van der Waals surface area (Å²) in [6.07, 6.45) is 5.38. The van der Waals surface area contributed by atoms with E-state index in [4.69, 9.17) is 11.6 Å². The smallest absolute Gasteiger partial charge is 0.295 e. The maximum Gasteiger partial charge on any atom is 0.295 e. The number of sulfonamides is 1. The fourth-order valence-corrected chi connectivity index (χ4v) is 2.77. The summed E-state index contributed by atoms with van der Waals surface area (Å²) in [5, 5.41) is 7.43. The minimum Gasteiger partial charge on any atom is -0.345 e. The molecule has 0 spiro atoms. The van der Waals surface area contributed by atoms with Gasteiger partial charge in [0.05, 0.1) is 0 Å². The molecule has 5 nitrogen and oxygen atoms in total. The van der Waals surface area contributed by atoms with E-state index in [9.17, 15) is 13.2 Å². The molecule has 0 aromatic carbocycles. The van der Waals surface area contributed by atoms with Crippen molar-refractivity contribution in [3.05, 3.63) is 17.0 Å². The number of hydrogen-bond acceptors (Lipinski definition) is 4. The Bertz CT molecular complexity index is 525. The van der Waals surface area contributed by atoms with E-state index in [-0.39, 0.29) is 4.21 Å². The molecule has 0 aliphatic rings. The monoisotopic (exact) mass is 258 g/mol. The van der Waals surface area contributed by atoms with E-state index in [1.807, 2.05) is 5.92 Å². The van der Waals surface area contributed by atoms with Crippen LogP contribution in [0.2, 0.25) is 0 Å². The molecular weight excluding hydrogens is 248 g/mol. The van der Waals surface area contributed by atoms with Gasteiger partial charge >= 0.3 is 0 Å². The van der Waals surface area contributed by atoms with Gasteiger partial charge in [0.2, 0.25) is 10.0 Å². The van der Waals surface area contributed by atoms with E-state index < -0.39 is 15.9 Å². The average Bonchev–Trinajstić information content (AvgIpc) is 2.65. The van der Waals surface area contributed by atoms with Gasteiger partial charge in [-0.1, -0.05) is 0 Å². The number of hydrogen-bond donors (Lipinski definition) is 2. The molecule has 0 fully saturated rings. The van der Waals surface area contributed by atoms with Crippen LogP contribution >= 0.6 is 11.3 Å². The minimum absolute atomic E-state index is 0.116. The quantitative estimate of drug-likeness (QED) is 0.726. The van der Waals surface area contributed by atoms with Gasteiger partial charge in [-0.05, 0) is 24.5 Å². The number of nitrogens with two attached hydrogens (primary N) is 1. The van der Waals surface area contributed by atoms with Crippen LogP contribution in [0.4, 0.5) is 0 Å². The van der Waals surface area contributed by atoms with Crippen LogP contribution in [0.15, 0.2) is 16.3 Å². The summed E-state index contributed by atoms with van der Waals surface area (Å²) in [4.78, 5) is 11.5.